The Morgan fingerprint density at radius 2 is 1.88 bits per heavy atom. The van der Waals surface area contributed by atoms with Crippen molar-refractivity contribution in [2.24, 2.45) is 0 Å². The van der Waals surface area contributed by atoms with Gasteiger partial charge in [-0.25, -0.2) is 8.42 Å². The molecule has 0 spiro atoms. The summed E-state index contributed by atoms with van der Waals surface area (Å²) in [5.74, 6) is -0.0482. The highest BCUT2D eigenvalue weighted by molar-refractivity contribution is 7.89. The normalized spacial score (nSPS) is 16.0. The molecule has 8 nitrogen and oxygen atoms in total. The number of amides is 2. The number of anilines is 2. The number of nitrogens with zero attached hydrogens (tertiary/aromatic N) is 2. The summed E-state index contributed by atoms with van der Waals surface area (Å²) >= 11 is 6.19. The Hall–Kier alpha value is -2.62. The van der Waals surface area contributed by atoms with Crippen LogP contribution in [0.5, 0.6) is 5.75 Å². The molecule has 1 aliphatic heterocycles. The largest absolute Gasteiger partial charge is 0.479 e. The van der Waals surface area contributed by atoms with Crippen LogP contribution in [0.25, 0.3) is 0 Å². The maximum atomic E-state index is 12.8. The zero-order valence-electron chi connectivity index (χ0n) is 18.2. The van der Waals surface area contributed by atoms with E-state index in [2.05, 4.69) is 5.32 Å². The topological polar surface area (TPSA) is 96.0 Å². The van der Waals surface area contributed by atoms with Gasteiger partial charge < -0.3 is 15.0 Å². The lowest BCUT2D eigenvalue weighted by atomic mass is 10.1. The molecule has 0 bridgehead atoms. The maximum Gasteiger partial charge on any atom is 0.267 e. The molecular weight excluding hydrogens is 454 g/mol. The zero-order chi connectivity index (χ0) is 23.5. The van der Waals surface area contributed by atoms with E-state index in [9.17, 15) is 18.0 Å². The maximum absolute atomic E-state index is 12.8. The van der Waals surface area contributed by atoms with E-state index in [0.717, 1.165) is 0 Å². The van der Waals surface area contributed by atoms with Crippen LogP contribution in [0.2, 0.25) is 5.02 Å². The van der Waals surface area contributed by atoms with E-state index in [1.54, 1.807) is 39.0 Å². The molecule has 1 aliphatic rings. The molecule has 1 atom stereocenters. The van der Waals surface area contributed by atoms with Crippen LogP contribution in [0.1, 0.15) is 27.2 Å². The third kappa shape index (κ3) is 4.90. The molecule has 172 valence electrons. The van der Waals surface area contributed by atoms with Crippen molar-refractivity contribution in [1.82, 2.24) is 4.31 Å². The number of fused-ring (bicyclic) bond motifs is 1. The molecule has 10 heteroatoms. The molecular formula is C22H26ClN3O5S. The Kier molecular flexibility index (Phi) is 7.43. The van der Waals surface area contributed by atoms with E-state index in [-0.39, 0.29) is 34.5 Å². The molecule has 1 unspecified atom stereocenters. The minimum absolute atomic E-state index is 0.00382. The number of para-hydroxylation sites is 2. The smallest absolute Gasteiger partial charge is 0.267 e. The van der Waals surface area contributed by atoms with Crippen LogP contribution >= 0.6 is 11.6 Å². The predicted molar refractivity (Wildman–Crippen MR) is 124 cm³/mol. The number of ether oxygens (including phenoxy) is 1. The lowest BCUT2D eigenvalue weighted by Gasteiger charge is -2.32. The Morgan fingerprint density at radius 3 is 2.56 bits per heavy atom. The van der Waals surface area contributed by atoms with E-state index < -0.39 is 22.0 Å². The fourth-order valence-corrected chi connectivity index (χ4v) is 5.14. The minimum Gasteiger partial charge on any atom is -0.479 e. The molecule has 0 fully saturated rings. The van der Waals surface area contributed by atoms with Crippen molar-refractivity contribution in [3.05, 3.63) is 47.5 Å². The van der Waals surface area contributed by atoms with Crippen molar-refractivity contribution in [1.29, 1.82) is 0 Å². The first-order chi connectivity index (χ1) is 15.2. The average molecular weight is 480 g/mol. The van der Waals surface area contributed by atoms with E-state index in [4.69, 9.17) is 16.3 Å². The monoisotopic (exact) mass is 479 g/mol. The Morgan fingerprint density at radius 1 is 1.19 bits per heavy atom. The molecule has 2 amide bonds. The van der Waals surface area contributed by atoms with Crippen LogP contribution in [-0.2, 0) is 19.6 Å². The van der Waals surface area contributed by atoms with Crippen molar-refractivity contribution in [3.8, 4) is 5.75 Å². The van der Waals surface area contributed by atoms with Crippen molar-refractivity contribution >= 4 is 44.8 Å². The molecule has 0 aliphatic carbocycles. The summed E-state index contributed by atoms with van der Waals surface area (Å²) < 4.78 is 32.5. The van der Waals surface area contributed by atoms with Crippen LogP contribution in [0.3, 0.4) is 0 Å². The second-order valence-corrected chi connectivity index (χ2v) is 9.59. The molecule has 0 aromatic heterocycles. The van der Waals surface area contributed by atoms with Crippen molar-refractivity contribution in [2.75, 3.05) is 29.9 Å². The van der Waals surface area contributed by atoms with Gasteiger partial charge in [0.25, 0.3) is 5.91 Å². The van der Waals surface area contributed by atoms with E-state index >= 15 is 0 Å². The van der Waals surface area contributed by atoms with Crippen LogP contribution in [-0.4, -0.2) is 50.3 Å². The van der Waals surface area contributed by atoms with Gasteiger partial charge in [-0.15, -0.1) is 0 Å². The number of hydrogen-bond donors (Lipinski definition) is 1. The highest BCUT2D eigenvalue weighted by Crippen LogP contribution is 2.34. The van der Waals surface area contributed by atoms with E-state index in [1.165, 1.54) is 27.4 Å². The Balaban J connectivity index is 1.74. The fraction of sp³-hybridized carbons (Fsp3) is 0.364. The van der Waals surface area contributed by atoms with Gasteiger partial charge in [0.15, 0.2) is 6.10 Å². The third-order valence-corrected chi connectivity index (χ3v) is 7.57. The standard InChI is InChI=1S/C22H26ClN3O5S/c1-4-25(5-2)32(29,30)16-10-11-17(23)18(14-16)24-21(27)12-13-26-19-8-6-7-9-20(19)31-15(3)22(26)28/h6-11,14-15H,4-5,12-13H2,1-3H3,(H,24,27). The quantitative estimate of drug-likeness (QED) is 0.625. The third-order valence-electron chi connectivity index (χ3n) is 5.19. The summed E-state index contributed by atoms with van der Waals surface area (Å²) in [6, 6.07) is 11.3. The second kappa shape index (κ2) is 9.89. The van der Waals surface area contributed by atoms with Gasteiger partial charge in [0.05, 0.1) is 21.3 Å². The number of carbonyl (C=O) groups is 2. The van der Waals surface area contributed by atoms with Gasteiger partial charge in [0.1, 0.15) is 5.75 Å². The van der Waals surface area contributed by atoms with E-state index in [0.29, 0.717) is 24.5 Å². The minimum atomic E-state index is -3.70. The molecule has 3 rings (SSSR count). The van der Waals surface area contributed by atoms with E-state index in [1.807, 2.05) is 6.07 Å². The molecule has 1 N–H and O–H groups in total. The van der Waals surface area contributed by atoms with Gasteiger partial charge in [-0.2, -0.15) is 4.31 Å². The Bertz CT molecular complexity index is 1120. The second-order valence-electron chi connectivity index (χ2n) is 7.25. The molecule has 32 heavy (non-hydrogen) atoms. The van der Waals surface area contributed by atoms with Gasteiger partial charge in [-0.3, -0.25) is 9.59 Å². The summed E-state index contributed by atoms with van der Waals surface area (Å²) in [4.78, 5) is 26.7. The SMILES string of the molecule is CCN(CC)S(=O)(=O)c1ccc(Cl)c(NC(=O)CCN2C(=O)C(C)Oc3ccccc32)c1. The summed E-state index contributed by atoms with van der Waals surface area (Å²) in [7, 11) is -3.70. The first-order valence-electron chi connectivity index (χ1n) is 10.4. The molecule has 2 aromatic rings. The average Bonchev–Trinajstić information content (AvgIpc) is 2.76. The zero-order valence-corrected chi connectivity index (χ0v) is 19.7. The van der Waals surface area contributed by atoms with Crippen molar-refractivity contribution in [3.63, 3.8) is 0 Å². The van der Waals surface area contributed by atoms with Crippen LogP contribution in [0.4, 0.5) is 11.4 Å². The molecule has 1 heterocycles. The van der Waals surface area contributed by atoms with Crippen molar-refractivity contribution < 1.29 is 22.7 Å². The molecule has 0 saturated heterocycles. The van der Waals surface area contributed by atoms with Gasteiger partial charge in [0.2, 0.25) is 15.9 Å². The number of rotatable bonds is 8. The van der Waals surface area contributed by atoms with Gasteiger partial charge in [-0.05, 0) is 37.3 Å². The van der Waals surface area contributed by atoms with Crippen molar-refractivity contribution in [2.45, 2.75) is 38.2 Å². The number of sulfonamides is 1. The van der Waals surface area contributed by atoms with Gasteiger partial charge in [0, 0.05) is 26.1 Å². The summed E-state index contributed by atoms with van der Waals surface area (Å²) in [6.07, 6.45) is -0.653. The lowest BCUT2D eigenvalue weighted by molar-refractivity contribution is -0.125. The lowest BCUT2D eigenvalue weighted by Crippen LogP contribution is -2.45. The fourth-order valence-electron chi connectivity index (χ4n) is 3.49. The van der Waals surface area contributed by atoms with Crippen LogP contribution in [0.15, 0.2) is 47.4 Å². The number of halogens is 1. The van der Waals surface area contributed by atoms with Gasteiger partial charge in [-0.1, -0.05) is 37.6 Å². The summed E-state index contributed by atoms with van der Waals surface area (Å²) in [5, 5.41) is 2.88. The predicted octanol–water partition coefficient (Wildman–Crippen LogP) is 3.51. The summed E-state index contributed by atoms with van der Waals surface area (Å²) in [6.45, 7) is 5.97. The highest BCUT2D eigenvalue weighted by atomic mass is 35.5. The summed E-state index contributed by atoms with van der Waals surface area (Å²) in [5.41, 5.74) is 0.806. The number of benzene rings is 2. The molecule has 2 aromatic carbocycles. The van der Waals surface area contributed by atoms with Crippen LogP contribution in [0, 0.1) is 0 Å². The Labute approximate surface area is 193 Å². The first kappa shape index (κ1) is 24.0. The first-order valence-corrected chi connectivity index (χ1v) is 12.2. The highest BCUT2D eigenvalue weighted by Gasteiger charge is 2.31. The number of nitrogens with one attached hydrogen (secondary N) is 1. The van der Waals surface area contributed by atoms with Gasteiger partial charge >= 0.3 is 0 Å². The molecule has 0 saturated carbocycles. The number of carbonyl (C=O) groups excluding carboxylic acids is 2. The van der Waals surface area contributed by atoms with Crippen LogP contribution < -0.4 is 15.0 Å². The number of hydrogen-bond acceptors (Lipinski definition) is 5. The molecule has 0 radical (unpaired) electrons.